The summed E-state index contributed by atoms with van der Waals surface area (Å²) in [6, 6.07) is 0. The van der Waals surface area contributed by atoms with Crippen molar-refractivity contribution in [3.8, 4) is 0 Å². The monoisotopic (exact) mass is 464 g/mol. The number of unbranched alkanes of at least 4 members (excludes halogenated alkanes) is 5. The van der Waals surface area contributed by atoms with E-state index in [-0.39, 0.29) is 26.1 Å². The van der Waals surface area contributed by atoms with Crippen LogP contribution < -0.4 is 0 Å². The molecule has 0 aromatic heterocycles. The number of ether oxygens (including phenoxy) is 4. The molecule has 1 heterocycles. The Balaban J connectivity index is 2.60. The Labute approximate surface area is 189 Å². The quantitative estimate of drug-likeness (QED) is 0.191. The van der Waals surface area contributed by atoms with Crippen LogP contribution >= 0.6 is 0 Å². The zero-order chi connectivity index (χ0) is 23.9. The van der Waals surface area contributed by atoms with Gasteiger partial charge in [0.25, 0.3) is 0 Å². The standard InChI is InChI=1S/C22H40O10/c1-3-5-7-8-9-11-18(25)31-15(13-29-17(24)10-6-4-2)14-30-22-21(28)20(27)19(26)16(12-23)32-22/h15-16,19-23,26-28H,3-14H2,1-2H3/t15-,16-,19+,20+,21-,22-/m1/s1. The van der Waals surface area contributed by atoms with Gasteiger partial charge in [0.05, 0.1) is 13.2 Å². The van der Waals surface area contributed by atoms with Crippen molar-refractivity contribution in [2.75, 3.05) is 19.8 Å². The highest BCUT2D eigenvalue weighted by Crippen LogP contribution is 2.22. The number of aliphatic hydroxyl groups excluding tert-OH is 4. The second kappa shape index (κ2) is 16.3. The summed E-state index contributed by atoms with van der Waals surface area (Å²) in [5.41, 5.74) is 0. The zero-order valence-electron chi connectivity index (χ0n) is 19.2. The lowest BCUT2D eigenvalue weighted by Gasteiger charge is -2.39. The van der Waals surface area contributed by atoms with Crippen LogP contribution in [0.15, 0.2) is 0 Å². The first kappa shape index (κ1) is 28.7. The lowest BCUT2D eigenvalue weighted by atomic mass is 9.99. The van der Waals surface area contributed by atoms with E-state index in [4.69, 9.17) is 18.9 Å². The van der Waals surface area contributed by atoms with Crippen molar-refractivity contribution in [2.24, 2.45) is 0 Å². The smallest absolute Gasteiger partial charge is 0.306 e. The lowest BCUT2D eigenvalue weighted by Crippen LogP contribution is -2.59. The van der Waals surface area contributed by atoms with Crippen LogP contribution in [0.2, 0.25) is 0 Å². The minimum Gasteiger partial charge on any atom is -0.462 e. The number of hydrogen-bond acceptors (Lipinski definition) is 10. The van der Waals surface area contributed by atoms with Gasteiger partial charge in [-0.2, -0.15) is 0 Å². The van der Waals surface area contributed by atoms with E-state index in [9.17, 15) is 30.0 Å². The van der Waals surface area contributed by atoms with Crippen LogP contribution in [0.1, 0.15) is 71.6 Å². The molecule has 10 nitrogen and oxygen atoms in total. The fourth-order valence-electron chi connectivity index (χ4n) is 3.22. The van der Waals surface area contributed by atoms with Crippen molar-refractivity contribution in [3.05, 3.63) is 0 Å². The third-order valence-corrected chi connectivity index (χ3v) is 5.24. The fraction of sp³-hybridized carbons (Fsp3) is 0.909. The minimum absolute atomic E-state index is 0.221. The summed E-state index contributed by atoms with van der Waals surface area (Å²) in [4.78, 5) is 24.0. The van der Waals surface area contributed by atoms with Gasteiger partial charge < -0.3 is 39.4 Å². The van der Waals surface area contributed by atoms with Gasteiger partial charge in [0, 0.05) is 12.8 Å². The maximum Gasteiger partial charge on any atom is 0.306 e. The number of carbonyl (C=O) groups is 2. The highest BCUT2D eigenvalue weighted by molar-refractivity contribution is 5.70. The Morgan fingerprint density at radius 3 is 2.16 bits per heavy atom. The minimum atomic E-state index is -1.58. The molecule has 4 N–H and O–H groups in total. The van der Waals surface area contributed by atoms with E-state index >= 15 is 0 Å². The number of aliphatic hydroxyl groups is 4. The van der Waals surface area contributed by atoms with Crippen molar-refractivity contribution in [3.63, 3.8) is 0 Å². The number of rotatable bonds is 16. The number of hydrogen-bond donors (Lipinski definition) is 4. The first-order chi connectivity index (χ1) is 15.3. The summed E-state index contributed by atoms with van der Waals surface area (Å²) < 4.78 is 21.3. The van der Waals surface area contributed by atoms with Gasteiger partial charge in [-0.05, 0) is 12.8 Å². The molecular formula is C22H40O10. The maximum atomic E-state index is 12.2. The van der Waals surface area contributed by atoms with Gasteiger partial charge in [-0.3, -0.25) is 9.59 Å². The van der Waals surface area contributed by atoms with E-state index in [0.29, 0.717) is 12.8 Å². The molecule has 1 saturated heterocycles. The zero-order valence-corrected chi connectivity index (χ0v) is 19.2. The van der Waals surface area contributed by atoms with Crippen molar-refractivity contribution in [1.82, 2.24) is 0 Å². The molecule has 0 saturated carbocycles. The Bertz CT molecular complexity index is 527. The molecule has 10 heteroatoms. The average molecular weight is 465 g/mol. The SMILES string of the molecule is CCCCCCCC(=O)O[C@H](COC(=O)CCCC)CO[C@@H]1O[C@H](CO)[C@H](O)[C@H](O)[C@H]1O. The van der Waals surface area contributed by atoms with Crippen LogP contribution in [0.5, 0.6) is 0 Å². The van der Waals surface area contributed by atoms with Crippen LogP contribution in [0.3, 0.4) is 0 Å². The highest BCUT2D eigenvalue weighted by atomic mass is 16.7. The van der Waals surface area contributed by atoms with Gasteiger partial charge >= 0.3 is 11.9 Å². The van der Waals surface area contributed by atoms with Crippen molar-refractivity contribution < 1.29 is 49.0 Å². The van der Waals surface area contributed by atoms with Gasteiger partial charge in [0.15, 0.2) is 12.4 Å². The van der Waals surface area contributed by atoms with E-state index in [1.54, 1.807) is 0 Å². The lowest BCUT2D eigenvalue weighted by molar-refractivity contribution is -0.305. The number of esters is 2. The number of carbonyl (C=O) groups excluding carboxylic acids is 2. The predicted molar refractivity (Wildman–Crippen MR) is 113 cm³/mol. The van der Waals surface area contributed by atoms with Gasteiger partial charge in [-0.15, -0.1) is 0 Å². The third-order valence-electron chi connectivity index (χ3n) is 5.24. The first-order valence-electron chi connectivity index (χ1n) is 11.6. The predicted octanol–water partition coefficient (Wildman–Crippen LogP) is 0.809. The van der Waals surface area contributed by atoms with Crippen molar-refractivity contribution in [2.45, 2.75) is 108 Å². The highest BCUT2D eigenvalue weighted by Gasteiger charge is 2.44. The molecule has 6 atom stereocenters. The largest absolute Gasteiger partial charge is 0.462 e. The van der Waals surface area contributed by atoms with E-state index in [1.807, 2.05) is 6.92 Å². The van der Waals surface area contributed by atoms with Gasteiger partial charge in [0.1, 0.15) is 31.0 Å². The van der Waals surface area contributed by atoms with Crippen LogP contribution in [-0.2, 0) is 28.5 Å². The van der Waals surface area contributed by atoms with Crippen molar-refractivity contribution >= 4 is 11.9 Å². The summed E-state index contributed by atoms with van der Waals surface area (Å²) in [6.07, 6.45) is -1.21. The molecule has 0 amide bonds. The van der Waals surface area contributed by atoms with Gasteiger partial charge in [-0.25, -0.2) is 0 Å². The molecule has 0 aliphatic carbocycles. The second-order valence-electron chi connectivity index (χ2n) is 8.09. The molecule has 1 fully saturated rings. The fourth-order valence-corrected chi connectivity index (χ4v) is 3.22. The molecule has 0 bridgehead atoms. The molecule has 0 spiro atoms. The summed E-state index contributed by atoms with van der Waals surface area (Å²) in [7, 11) is 0. The molecule has 188 valence electrons. The Morgan fingerprint density at radius 2 is 1.50 bits per heavy atom. The molecule has 32 heavy (non-hydrogen) atoms. The molecule has 1 aliphatic heterocycles. The normalized spacial score (nSPS) is 26.5. The average Bonchev–Trinajstić information content (AvgIpc) is 2.78. The molecule has 0 radical (unpaired) electrons. The molecule has 1 aliphatic rings. The van der Waals surface area contributed by atoms with Crippen molar-refractivity contribution in [1.29, 1.82) is 0 Å². The molecule has 0 aromatic carbocycles. The van der Waals surface area contributed by atoms with Gasteiger partial charge in [-0.1, -0.05) is 46.0 Å². The Hall–Kier alpha value is -1.30. The second-order valence-corrected chi connectivity index (χ2v) is 8.09. The van der Waals surface area contributed by atoms with Crippen LogP contribution in [0.4, 0.5) is 0 Å². The summed E-state index contributed by atoms with van der Waals surface area (Å²) in [5, 5.41) is 39.1. The van der Waals surface area contributed by atoms with Crippen LogP contribution in [0, 0.1) is 0 Å². The van der Waals surface area contributed by atoms with E-state index in [1.165, 1.54) is 0 Å². The maximum absolute atomic E-state index is 12.2. The van der Waals surface area contributed by atoms with Crippen LogP contribution in [0.25, 0.3) is 0 Å². The van der Waals surface area contributed by atoms with E-state index in [2.05, 4.69) is 6.92 Å². The Kier molecular flexibility index (Phi) is 14.7. The molecule has 0 aromatic rings. The molecular weight excluding hydrogens is 424 g/mol. The van der Waals surface area contributed by atoms with Crippen LogP contribution in [-0.4, -0.2) is 89.0 Å². The molecule has 0 unspecified atom stereocenters. The summed E-state index contributed by atoms with van der Waals surface area (Å²) in [5.74, 6) is -0.867. The Morgan fingerprint density at radius 1 is 0.844 bits per heavy atom. The van der Waals surface area contributed by atoms with E-state index < -0.39 is 55.4 Å². The first-order valence-corrected chi connectivity index (χ1v) is 11.6. The summed E-state index contributed by atoms with van der Waals surface area (Å²) in [6.45, 7) is 2.98. The van der Waals surface area contributed by atoms with Gasteiger partial charge in [0.2, 0.25) is 0 Å². The molecule has 1 rings (SSSR count). The third kappa shape index (κ3) is 10.5. The topological polar surface area (TPSA) is 152 Å². The van der Waals surface area contributed by atoms with E-state index in [0.717, 1.165) is 32.1 Å². The summed E-state index contributed by atoms with van der Waals surface area (Å²) >= 11 is 0.